The van der Waals surface area contributed by atoms with E-state index in [9.17, 15) is 0 Å². The summed E-state index contributed by atoms with van der Waals surface area (Å²) in [5, 5.41) is 0. The Bertz CT molecular complexity index is 395. The van der Waals surface area contributed by atoms with Crippen LogP contribution < -0.4 is 0 Å². The lowest BCUT2D eigenvalue weighted by Crippen LogP contribution is -2.41. The van der Waals surface area contributed by atoms with Gasteiger partial charge >= 0.3 is 1.43 Å². The highest BCUT2D eigenvalue weighted by Gasteiger charge is 2.13. The molecule has 5 nitrogen and oxygen atoms in total. The lowest BCUT2D eigenvalue weighted by molar-refractivity contribution is -0.890. The van der Waals surface area contributed by atoms with Gasteiger partial charge in [0.1, 0.15) is 0 Å². The van der Waals surface area contributed by atoms with Gasteiger partial charge < -0.3 is 13.6 Å². The molecule has 0 N–H and O–H groups in total. The molecule has 166 valence electrons. The summed E-state index contributed by atoms with van der Waals surface area (Å²) in [6, 6.07) is 0. The van der Waals surface area contributed by atoms with Gasteiger partial charge in [-0.25, -0.2) is 0 Å². The molecule has 0 atom stereocenters. The number of unbranched alkanes of at least 4 members (excludes halogenated alkanes) is 13. The van der Waals surface area contributed by atoms with Crippen LogP contribution in [-0.4, -0.2) is 49.2 Å². The number of hydrogen-bond donors (Lipinski definition) is 0. The third kappa shape index (κ3) is 33.8. The van der Waals surface area contributed by atoms with Gasteiger partial charge in [0.05, 0.1) is 27.2 Å². The van der Waals surface area contributed by atoms with Crippen molar-refractivity contribution in [3.8, 4) is 0 Å². The van der Waals surface area contributed by atoms with Crippen LogP contribution in [0.25, 0.3) is 0 Å². The number of rotatable bonds is 17. The van der Waals surface area contributed by atoms with E-state index in [1.807, 2.05) is 0 Å². The topological polar surface area (TPSA) is 80.3 Å². The van der Waals surface area contributed by atoms with Crippen LogP contribution in [0.1, 0.15) is 112 Å². The van der Waals surface area contributed by atoms with Crippen molar-refractivity contribution in [2.75, 3.05) is 27.2 Å². The average Bonchev–Trinajstić information content (AvgIpc) is 2.55. The van der Waals surface area contributed by atoms with E-state index in [4.69, 9.17) is 17.5 Å². The van der Waals surface area contributed by atoms with Crippen molar-refractivity contribution in [2.24, 2.45) is 0 Å². The fourth-order valence-electron chi connectivity index (χ4n) is 3.28. The molecule has 0 aromatic heterocycles. The maximum atomic E-state index is 8.52. The summed E-state index contributed by atoms with van der Waals surface area (Å²) < 4.78 is 35.3. The minimum atomic E-state index is -5.17. The van der Waals surface area contributed by atoms with Crippen molar-refractivity contribution in [3.63, 3.8) is 0 Å². The first-order valence-electron chi connectivity index (χ1n) is 11.1. The first-order valence-corrected chi connectivity index (χ1v) is 12.4. The van der Waals surface area contributed by atoms with Crippen LogP contribution >= 0.6 is 0 Å². The molecular weight excluding hydrogens is 362 g/mol. The Morgan fingerprint density at radius 3 is 1.07 bits per heavy atom. The number of hydrogen-bond acceptors (Lipinski definition) is 4. The highest BCUT2D eigenvalue weighted by Crippen LogP contribution is 2.12. The van der Waals surface area contributed by atoms with E-state index in [1.165, 1.54) is 114 Å². The summed E-state index contributed by atoms with van der Waals surface area (Å²) in [4.78, 5) is 0. The first-order chi connectivity index (χ1) is 12.6. The van der Waals surface area contributed by atoms with E-state index in [1.54, 1.807) is 0 Å². The van der Waals surface area contributed by atoms with Gasteiger partial charge in [-0.3, -0.25) is 8.42 Å². The van der Waals surface area contributed by atoms with Gasteiger partial charge in [-0.05, 0) is 25.7 Å². The zero-order valence-electron chi connectivity index (χ0n) is 19.5. The normalized spacial score (nSPS) is 11.9. The van der Waals surface area contributed by atoms with E-state index in [0.717, 1.165) is 0 Å². The van der Waals surface area contributed by atoms with E-state index in [-0.39, 0.29) is 1.43 Å². The van der Waals surface area contributed by atoms with Gasteiger partial charge in [-0.15, -0.1) is 0 Å². The summed E-state index contributed by atoms with van der Waals surface area (Å²) in [6.45, 7) is 7.35. The monoisotopic (exact) mass is 409 g/mol. The number of quaternary nitrogens is 1. The largest absolute Gasteiger partial charge is 1.00 e. The maximum absolute atomic E-state index is 8.52. The Hall–Kier alpha value is -0.170. The minimum absolute atomic E-state index is 0. The molecule has 0 bridgehead atoms. The van der Waals surface area contributed by atoms with Crippen molar-refractivity contribution in [1.29, 1.82) is 0 Å². The molecule has 0 fully saturated rings. The fraction of sp³-hybridized carbons (Fsp3) is 1.00. The lowest BCUT2D eigenvalue weighted by Gasteiger charge is -2.30. The Balaban J connectivity index is -0.000000918. The predicted molar refractivity (Wildman–Crippen MR) is 114 cm³/mol. The highest BCUT2D eigenvalue weighted by atomic mass is 32.3. The van der Waals surface area contributed by atoms with E-state index in [2.05, 4.69) is 27.9 Å². The van der Waals surface area contributed by atoms with Gasteiger partial charge in [0.2, 0.25) is 0 Å². The third-order valence-electron chi connectivity index (χ3n) is 4.98. The summed E-state index contributed by atoms with van der Waals surface area (Å²) >= 11 is 0. The van der Waals surface area contributed by atoms with Crippen LogP contribution in [-0.2, 0) is 10.4 Å². The van der Waals surface area contributed by atoms with Gasteiger partial charge in [-0.1, -0.05) is 84.5 Å². The Labute approximate surface area is 171 Å². The molecule has 0 aliphatic heterocycles. The zero-order chi connectivity index (χ0) is 21.0. The lowest BCUT2D eigenvalue weighted by atomic mass is 10.1. The molecule has 6 heteroatoms. The highest BCUT2D eigenvalue weighted by molar-refractivity contribution is 7.79. The Morgan fingerprint density at radius 2 is 0.815 bits per heavy atom. The van der Waals surface area contributed by atoms with Gasteiger partial charge in [0.25, 0.3) is 0 Å². The molecule has 0 aromatic rings. The Morgan fingerprint density at radius 1 is 0.593 bits per heavy atom. The quantitative estimate of drug-likeness (QED) is 0.133. The van der Waals surface area contributed by atoms with Gasteiger partial charge in [-0.2, -0.15) is 0 Å². The molecule has 0 amide bonds. The van der Waals surface area contributed by atoms with Crippen molar-refractivity contribution in [2.45, 2.75) is 110 Å². The fourth-order valence-corrected chi connectivity index (χ4v) is 3.28. The molecule has 0 saturated carbocycles. The summed E-state index contributed by atoms with van der Waals surface area (Å²) in [5.74, 6) is 0. The molecule has 0 aliphatic rings. The molecule has 0 aromatic carbocycles. The maximum Gasteiger partial charge on any atom is 1.00 e. The summed E-state index contributed by atoms with van der Waals surface area (Å²) in [5.41, 5.74) is 0. The van der Waals surface area contributed by atoms with Gasteiger partial charge in [0, 0.05) is 10.4 Å². The summed E-state index contributed by atoms with van der Waals surface area (Å²) in [7, 11) is -0.312. The zero-order valence-corrected chi connectivity index (χ0v) is 19.3. The van der Waals surface area contributed by atoms with Crippen LogP contribution in [0.2, 0.25) is 0 Å². The predicted octanol–water partition coefficient (Wildman–Crippen LogP) is 5.73. The van der Waals surface area contributed by atoms with E-state index in [0.29, 0.717) is 0 Å². The van der Waals surface area contributed by atoms with Crippen molar-refractivity contribution in [3.05, 3.63) is 0 Å². The van der Waals surface area contributed by atoms with Crippen molar-refractivity contribution >= 4 is 10.4 Å². The summed E-state index contributed by atoms with van der Waals surface area (Å²) in [6.07, 6.45) is 21.6. The van der Waals surface area contributed by atoms with Crippen molar-refractivity contribution < 1.29 is 23.4 Å². The second-order valence-electron chi connectivity index (χ2n) is 8.39. The molecule has 0 spiro atoms. The molecule has 0 radical (unpaired) electrons. The molecule has 27 heavy (non-hydrogen) atoms. The third-order valence-corrected chi connectivity index (χ3v) is 4.98. The smallest absolute Gasteiger partial charge is 0.759 e. The van der Waals surface area contributed by atoms with Crippen LogP contribution in [0.4, 0.5) is 0 Å². The molecule has 0 rings (SSSR count). The van der Waals surface area contributed by atoms with Gasteiger partial charge in [0.15, 0.2) is 0 Å². The second-order valence-corrected chi connectivity index (χ2v) is 9.20. The molecule has 0 saturated heterocycles. The SMILES string of the molecule is CCCCCCCCCCC[N+](C)(C)CCCCCCCC.O=S(=O)([O-])[O-].[H+]. The molecular formula is C21H47NO4S. The Kier molecular flexibility index (Phi) is 20.6. The molecule has 0 unspecified atom stereocenters. The van der Waals surface area contributed by atoms with E-state index < -0.39 is 10.4 Å². The van der Waals surface area contributed by atoms with E-state index >= 15 is 0 Å². The van der Waals surface area contributed by atoms with Crippen molar-refractivity contribution in [1.82, 2.24) is 0 Å². The van der Waals surface area contributed by atoms with Crippen LogP contribution in [0, 0.1) is 0 Å². The van der Waals surface area contributed by atoms with Crippen LogP contribution in [0.3, 0.4) is 0 Å². The minimum Gasteiger partial charge on any atom is -0.759 e. The first kappa shape index (κ1) is 29.0. The average molecular weight is 410 g/mol. The van der Waals surface area contributed by atoms with Crippen LogP contribution in [0.15, 0.2) is 0 Å². The molecule has 0 heterocycles. The standard InChI is InChI=1S/C21H46N.H2O4S/c1-5-7-9-11-13-14-15-17-19-21-22(3,4)20-18-16-12-10-8-6-2;1-5(2,3)4/h5-21H2,1-4H3;(H2,1,2,3,4)/q+1;/p-1. The number of nitrogens with zero attached hydrogens (tertiary/aromatic N) is 1. The van der Waals surface area contributed by atoms with Crippen LogP contribution in [0.5, 0.6) is 0 Å². The second kappa shape index (κ2) is 19.2. The molecule has 0 aliphatic carbocycles.